The van der Waals surface area contributed by atoms with Gasteiger partial charge in [0.05, 0.1) is 5.56 Å². The largest absolute Gasteiger partial charge is 0.416 e. The Balaban J connectivity index is 1.47. The number of fused-ring (bicyclic) bond motifs is 5. The standard InChI is InChI=1S/C23H24F3N/c24-23(25,26)18-8-5-15(6-9-18)16-7-10-20-17-11-12-27(19-3-1-2-4-19)22(14-17)21(20)13-16/h5-10,13,17,19,22H,1-4,11-12,14H2/t17?,22-/m1/s1. The van der Waals surface area contributed by atoms with Crippen LogP contribution in [0.3, 0.4) is 0 Å². The Hall–Kier alpha value is -1.81. The van der Waals surface area contributed by atoms with Crippen molar-refractivity contribution in [3.63, 3.8) is 0 Å². The first-order valence-electron chi connectivity index (χ1n) is 10.1. The Morgan fingerprint density at radius 1 is 0.815 bits per heavy atom. The second-order valence-electron chi connectivity index (χ2n) is 8.33. The fourth-order valence-corrected chi connectivity index (χ4v) is 5.51. The minimum Gasteiger partial charge on any atom is -0.293 e. The molecule has 0 aromatic heterocycles. The van der Waals surface area contributed by atoms with Crippen LogP contribution in [0.5, 0.6) is 0 Å². The number of alkyl halides is 3. The van der Waals surface area contributed by atoms with Gasteiger partial charge in [0.2, 0.25) is 0 Å². The van der Waals surface area contributed by atoms with Gasteiger partial charge in [-0.3, -0.25) is 4.90 Å². The minimum absolute atomic E-state index is 0.497. The lowest BCUT2D eigenvalue weighted by Crippen LogP contribution is -2.39. The Kier molecular flexibility index (Phi) is 4.08. The number of halogens is 3. The lowest BCUT2D eigenvalue weighted by atomic mass is 9.94. The SMILES string of the molecule is FC(F)(F)c1ccc(-c2ccc3c(c2)[C@H]2CC3CCN2C2CCCC2)cc1. The van der Waals surface area contributed by atoms with Crippen LogP contribution in [-0.2, 0) is 6.18 Å². The highest BCUT2D eigenvalue weighted by molar-refractivity contribution is 5.66. The van der Waals surface area contributed by atoms with E-state index in [1.54, 1.807) is 12.1 Å². The molecule has 2 fully saturated rings. The van der Waals surface area contributed by atoms with E-state index in [1.807, 2.05) is 0 Å². The van der Waals surface area contributed by atoms with E-state index in [0.717, 1.165) is 17.2 Å². The van der Waals surface area contributed by atoms with Crippen LogP contribution in [-0.4, -0.2) is 17.5 Å². The molecular formula is C23H24F3N. The van der Waals surface area contributed by atoms with Gasteiger partial charge in [-0.1, -0.05) is 37.1 Å². The molecule has 0 amide bonds. The van der Waals surface area contributed by atoms with E-state index in [1.165, 1.54) is 68.3 Å². The zero-order valence-electron chi connectivity index (χ0n) is 15.3. The smallest absolute Gasteiger partial charge is 0.293 e. The van der Waals surface area contributed by atoms with E-state index in [4.69, 9.17) is 0 Å². The molecule has 27 heavy (non-hydrogen) atoms. The first-order valence-corrected chi connectivity index (χ1v) is 10.1. The molecule has 1 aliphatic heterocycles. The van der Waals surface area contributed by atoms with Gasteiger partial charge in [-0.25, -0.2) is 0 Å². The van der Waals surface area contributed by atoms with Crippen molar-refractivity contribution in [3.8, 4) is 11.1 Å². The van der Waals surface area contributed by atoms with Crippen molar-refractivity contribution in [3.05, 3.63) is 59.2 Å². The van der Waals surface area contributed by atoms with E-state index in [0.29, 0.717) is 12.0 Å². The van der Waals surface area contributed by atoms with Gasteiger partial charge < -0.3 is 0 Å². The second-order valence-corrected chi connectivity index (χ2v) is 8.33. The number of hydrogen-bond acceptors (Lipinski definition) is 1. The Morgan fingerprint density at radius 3 is 2.22 bits per heavy atom. The lowest BCUT2D eigenvalue weighted by molar-refractivity contribution is -0.137. The molecule has 1 saturated heterocycles. The molecule has 0 N–H and O–H groups in total. The molecule has 2 aromatic rings. The molecule has 0 spiro atoms. The molecule has 142 valence electrons. The first-order chi connectivity index (χ1) is 13.0. The highest BCUT2D eigenvalue weighted by atomic mass is 19.4. The van der Waals surface area contributed by atoms with E-state index >= 15 is 0 Å². The number of piperidine rings is 1. The first kappa shape index (κ1) is 17.3. The summed E-state index contributed by atoms with van der Waals surface area (Å²) < 4.78 is 38.5. The molecule has 1 heterocycles. The van der Waals surface area contributed by atoms with Crippen LogP contribution in [0.4, 0.5) is 13.2 Å². The Morgan fingerprint density at radius 2 is 1.52 bits per heavy atom. The van der Waals surface area contributed by atoms with E-state index in [9.17, 15) is 13.2 Å². The van der Waals surface area contributed by atoms with Crippen LogP contribution in [0.25, 0.3) is 11.1 Å². The van der Waals surface area contributed by atoms with Gasteiger partial charge in [0.25, 0.3) is 0 Å². The zero-order valence-corrected chi connectivity index (χ0v) is 15.3. The highest BCUT2D eigenvalue weighted by Crippen LogP contribution is 2.51. The Bertz CT molecular complexity index is 834. The van der Waals surface area contributed by atoms with Gasteiger partial charge in [-0.2, -0.15) is 13.2 Å². The van der Waals surface area contributed by atoms with Gasteiger partial charge in [-0.15, -0.1) is 0 Å². The summed E-state index contributed by atoms with van der Waals surface area (Å²) in [5, 5.41) is 0. The highest BCUT2D eigenvalue weighted by Gasteiger charge is 2.41. The molecular weight excluding hydrogens is 347 g/mol. The molecule has 5 rings (SSSR count). The zero-order chi connectivity index (χ0) is 18.6. The van der Waals surface area contributed by atoms with Crippen molar-refractivity contribution in [2.24, 2.45) is 0 Å². The molecule has 0 radical (unpaired) electrons. The molecule has 1 nitrogen and oxygen atoms in total. The predicted molar refractivity (Wildman–Crippen MR) is 101 cm³/mol. The third-order valence-corrected chi connectivity index (χ3v) is 6.87. The average Bonchev–Trinajstić information content (AvgIpc) is 3.29. The van der Waals surface area contributed by atoms with E-state index in [-0.39, 0.29) is 0 Å². The number of benzene rings is 2. The summed E-state index contributed by atoms with van der Waals surface area (Å²) in [5.74, 6) is 0.657. The number of nitrogens with zero attached hydrogens (tertiary/aromatic N) is 1. The van der Waals surface area contributed by atoms with Crippen LogP contribution in [0.1, 0.15) is 67.2 Å². The van der Waals surface area contributed by atoms with E-state index in [2.05, 4.69) is 23.1 Å². The van der Waals surface area contributed by atoms with Gasteiger partial charge in [0, 0.05) is 12.1 Å². The summed E-state index contributed by atoms with van der Waals surface area (Å²) in [6.45, 7) is 1.18. The second kappa shape index (κ2) is 6.37. The van der Waals surface area contributed by atoms with Crippen molar-refractivity contribution < 1.29 is 13.2 Å². The minimum atomic E-state index is -4.28. The molecule has 4 heteroatoms. The maximum absolute atomic E-state index is 12.8. The summed E-state index contributed by atoms with van der Waals surface area (Å²) in [7, 11) is 0. The molecule has 2 aliphatic carbocycles. The molecule has 1 unspecified atom stereocenters. The summed E-state index contributed by atoms with van der Waals surface area (Å²) in [6, 6.07) is 13.3. The monoisotopic (exact) mass is 371 g/mol. The molecule has 1 saturated carbocycles. The number of rotatable bonds is 2. The predicted octanol–water partition coefficient (Wildman–Crippen LogP) is 6.55. The number of likely N-dealkylation sites (tertiary alicyclic amines) is 1. The van der Waals surface area contributed by atoms with Crippen LogP contribution in [0.2, 0.25) is 0 Å². The van der Waals surface area contributed by atoms with Crippen molar-refractivity contribution in [2.75, 3.05) is 6.54 Å². The summed E-state index contributed by atoms with van der Waals surface area (Å²) in [4.78, 5) is 2.73. The lowest BCUT2D eigenvalue weighted by Gasteiger charge is -2.38. The maximum atomic E-state index is 12.8. The Labute approximate surface area is 158 Å². The summed E-state index contributed by atoms with van der Waals surface area (Å²) in [6.07, 6.45) is 3.48. The van der Waals surface area contributed by atoms with Crippen molar-refractivity contribution in [2.45, 2.75) is 62.7 Å². The van der Waals surface area contributed by atoms with Crippen molar-refractivity contribution in [1.82, 2.24) is 4.90 Å². The fraction of sp³-hybridized carbons (Fsp3) is 0.478. The van der Waals surface area contributed by atoms with Gasteiger partial charge >= 0.3 is 6.18 Å². The van der Waals surface area contributed by atoms with Gasteiger partial charge in [-0.05, 0) is 78.6 Å². The fourth-order valence-electron chi connectivity index (χ4n) is 5.51. The molecule has 2 atom stereocenters. The molecule has 2 aromatic carbocycles. The van der Waals surface area contributed by atoms with Crippen LogP contribution in [0, 0.1) is 0 Å². The third kappa shape index (κ3) is 2.98. The molecule has 2 bridgehead atoms. The van der Waals surface area contributed by atoms with Crippen LogP contribution < -0.4 is 0 Å². The summed E-state index contributed by atoms with van der Waals surface area (Å²) in [5.41, 5.74) is 4.19. The normalized spacial score (nSPS) is 25.7. The van der Waals surface area contributed by atoms with Crippen LogP contribution >= 0.6 is 0 Å². The van der Waals surface area contributed by atoms with Crippen molar-refractivity contribution in [1.29, 1.82) is 0 Å². The summed E-state index contributed by atoms with van der Waals surface area (Å²) >= 11 is 0. The quantitative estimate of drug-likeness (QED) is 0.579. The van der Waals surface area contributed by atoms with E-state index < -0.39 is 11.7 Å². The number of hydrogen-bond donors (Lipinski definition) is 0. The van der Waals surface area contributed by atoms with Crippen molar-refractivity contribution >= 4 is 0 Å². The van der Waals surface area contributed by atoms with Gasteiger partial charge in [0.15, 0.2) is 0 Å². The maximum Gasteiger partial charge on any atom is 0.416 e. The van der Waals surface area contributed by atoms with Crippen LogP contribution in [0.15, 0.2) is 42.5 Å². The third-order valence-electron chi connectivity index (χ3n) is 6.87. The average molecular weight is 371 g/mol. The molecule has 3 aliphatic rings. The van der Waals surface area contributed by atoms with Gasteiger partial charge in [0.1, 0.15) is 0 Å². The topological polar surface area (TPSA) is 3.24 Å².